The van der Waals surface area contributed by atoms with Gasteiger partial charge in [-0.2, -0.15) is 114 Å². The van der Waals surface area contributed by atoms with E-state index in [1.54, 1.807) is 0 Å². The Hall–Kier alpha value is -2.68. The second-order valence-electron chi connectivity index (χ2n) is 9.08. The fourth-order valence-electron chi connectivity index (χ4n) is 2.95. The summed E-state index contributed by atoms with van der Waals surface area (Å²) in [5, 5.41) is 0. The average molecular weight is 782 g/mol. The smallest absolute Gasteiger partial charge is 0.438 e. The minimum absolute atomic E-state index is 0.264. The molecule has 0 aliphatic rings. The van der Waals surface area contributed by atoms with Crippen molar-refractivity contribution in [2.24, 2.45) is 0 Å². The first kappa shape index (κ1) is 45.3. The van der Waals surface area contributed by atoms with E-state index in [4.69, 9.17) is 0 Å². The lowest BCUT2D eigenvalue weighted by Crippen LogP contribution is -2.79. The monoisotopic (exact) mass is 782 g/mol. The van der Waals surface area contributed by atoms with Crippen molar-refractivity contribution in [3.8, 4) is 0 Å². The summed E-state index contributed by atoms with van der Waals surface area (Å²) in [5.41, 5.74) is -10.8. The van der Waals surface area contributed by atoms with Crippen molar-refractivity contribution in [2.45, 2.75) is 91.1 Å². The van der Waals surface area contributed by atoms with Gasteiger partial charge in [-0.25, -0.2) is 9.18 Å². The third kappa shape index (κ3) is 6.15. The van der Waals surface area contributed by atoms with E-state index < -0.39 is 108 Å². The van der Waals surface area contributed by atoms with Crippen LogP contribution in [0.4, 0.5) is 119 Å². The van der Waals surface area contributed by atoms with E-state index in [-0.39, 0.29) is 6.92 Å². The van der Waals surface area contributed by atoms with E-state index in [1.807, 2.05) is 0 Å². The predicted octanol–water partition coefficient (Wildman–Crippen LogP) is 10.0. The molecule has 0 saturated carbocycles. The molecule has 29 heteroatoms. The molecule has 0 aromatic heterocycles. The summed E-state index contributed by atoms with van der Waals surface area (Å²) in [6.07, 6.45) is -25.3. The number of halogens is 27. The number of ether oxygens (including phenoxy) is 1. The summed E-state index contributed by atoms with van der Waals surface area (Å²) >= 11 is 0. The zero-order valence-electron chi connectivity index (χ0n) is 21.6. The van der Waals surface area contributed by atoms with E-state index >= 15 is 0 Å². The van der Waals surface area contributed by atoms with Crippen molar-refractivity contribution in [3.05, 3.63) is 11.7 Å². The van der Waals surface area contributed by atoms with Gasteiger partial charge in [0, 0.05) is 6.42 Å². The van der Waals surface area contributed by atoms with Crippen LogP contribution < -0.4 is 0 Å². The van der Waals surface area contributed by atoms with Gasteiger partial charge in [0.15, 0.2) is 0 Å². The Kier molecular flexibility index (Phi) is 11.6. The fourth-order valence-corrected chi connectivity index (χ4v) is 2.95. The summed E-state index contributed by atoms with van der Waals surface area (Å²) in [7, 11) is 0. The number of hydrogen-bond acceptors (Lipinski definition) is 2. The van der Waals surface area contributed by atoms with Crippen LogP contribution in [0.25, 0.3) is 0 Å². The Morgan fingerprint density at radius 2 is 0.729 bits per heavy atom. The standard InChI is InChI=1S/C19H9F27O2/c1-5(6(20)21)7(47)48-4-2-3-8(22,23)10(25,26)12(29,30)14(33,34)16(37,38)17(39,40)15(35,36)13(31,32)11(27,28)9(24,18(41,42)43)19(44,45)46/h2-4H2,1H3. The lowest BCUT2D eigenvalue weighted by atomic mass is 9.82. The molecule has 0 radical (unpaired) electrons. The van der Waals surface area contributed by atoms with E-state index in [9.17, 15) is 123 Å². The van der Waals surface area contributed by atoms with Crippen molar-refractivity contribution in [1.82, 2.24) is 0 Å². The molecule has 0 fully saturated rings. The maximum absolute atomic E-state index is 13.8. The van der Waals surface area contributed by atoms with Crippen LogP contribution in [0.15, 0.2) is 11.7 Å². The van der Waals surface area contributed by atoms with Gasteiger partial charge in [0.05, 0.1) is 12.2 Å². The molecule has 0 saturated heterocycles. The SMILES string of the molecule is CC(C(=O)OCCCC(F)(F)C(F)(F)C(F)(F)C(F)(F)C(F)(F)C(F)(F)C(F)(F)C(F)(F)C(F)(F)C(F)(C(F)(F)F)C(F)(F)F)=C(F)F. The first-order chi connectivity index (χ1) is 20.5. The van der Waals surface area contributed by atoms with Gasteiger partial charge < -0.3 is 4.74 Å². The molecule has 0 aliphatic carbocycles. The summed E-state index contributed by atoms with van der Waals surface area (Å²) in [6, 6.07) is 0. The summed E-state index contributed by atoms with van der Waals surface area (Å²) < 4.78 is 364. The van der Waals surface area contributed by atoms with Crippen LogP contribution in [0.1, 0.15) is 19.8 Å². The van der Waals surface area contributed by atoms with Crippen LogP contribution in [0.5, 0.6) is 0 Å². The molecule has 0 atom stereocenters. The van der Waals surface area contributed by atoms with Gasteiger partial charge in [-0.1, -0.05) is 0 Å². The maximum atomic E-state index is 13.8. The third-order valence-electron chi connectivity index (χ3n) is 5.89. The number of hydrogen-bond donors (Lipinski definition) is 0. The molecule has 0 aromatic rings. The van der Waals surface area contributed by atoms with Gasteiger partial charge in [-0.3, -0.25) is 0 Å². The number of rotatable bonds is 14. The molecular formula is C19H9F27O2. The summed E-state index contributed by atoms with van der Waals surface area (Å²) in [6.45, 7) is -1.56. The molecule has 0 aliphatic heterocycles. The highest BCUT2D eigenvalue weighted by atomic mass is 19.4. The Labute approximate surface area is 244 Å². The molecule has 0 bridgehead atoms. The van der Waals surface area contributed by atoms with Gasteiger partial charge in [-0.05, 0) is 13.3 Å². The van der Waals surface area contributed by atoms with E-state index in [0.717, 1.165) is 0 Å². The minimum Gasteiger partial charge on any atom is -0.462 e. The zero-order valence-corrected chi connectivity index (χ0v) is 21.6. The third-order valence-corrected chi connectivity index (χ3v) is 5.89. The largest absolute Gasteiger partial charge is 0.462 e. The van der Waals surface area contributed by atoms with Gasteiger partial charge in [-0.15, -0.1) is 0 Å². The van der Waals surface area contributed by atoms with Gasteiger partial charge >= 0.3 is 77.3 Å². The van der Waals surface area contributed by atoms with Crippen LogP contribution in [0.2, 0.25) is 0 Å². The zero-order chi connectivity index (χ0) is 39.6. The van der Waals surface area contributed by atoms with Crippen LogP contribution in [-0.4, -0.2) is 83.9 Å². The normalized spacial score (nSPS) is 15.8. The molecule has 0 spiro atoms. The average Bonchev–Trinajstić information content (AvgIpc) is 2.87. The number of esters is 1. The highest BCUT2D eigenvalue weighted by Crippen LogP contribution is 2.68. The topological polar surface area (TPSA) is 26.3 Å². The van der Waals surface area contributed by atoms with Crippen LogP contribution in [0.3, 0.4) is 0 Å². The van der Waals surface area contributed by atoms with Crippen LogP contribution >= 0.6 is 0 Å². The highest BCUT2D eigenvalue weighted by molar-refractivity contribution is 5.87. The molecule has 2 nitrogen and oxygen atoms in total. The Bertz CT molecular complexity index is 1190. The van der Waals surface area contributed by atoms with Crippen molar-refractivity contribution >= 4 is 5.97 Å². The van der Waals surface area contributed by atoms with Crippen LogP contribution in [-0.2, 0) is 9.53 Å². The van der Waals surface area contributed by atoms with Crippen molar-refractivity contribution in [1.29, 1.82) is 0 Å². The van der Waals surface area contributed by atoms with Gasteiger partial charge in [0.2, 0.25) is 0 Å². The predicted molar refractivity (Wildman–Crippen MR) is 95.6 cm³/mol. The lowest BCUT2D eigenvalue weighted by Gasteiger charge is -2.46. The second kappa shape index (κ2) is 12.3. The maximum Gasteiger partial charge on any atom is 0.438 e. The molecule has 0 aromatic carbocycles. The van der Waals surface area contributed by atoms with Crippen molar-refractivity contribution in [2.75, 3.05) is 6.61 Å². The Morgan fingerprint density at radius 3 is 1.00 bits per heavy atom. The molecule has 0 amide bonds. The molecule has 0 heterocycles. The molecular weight excluding hydrogens is 773 g/mol. The van der Waals surface area contributed by atoms with E-state index in [1.165, 1.54) is 0 Å². The minimum atomic E-state index is -9.74. The summed E-state index contributed by atoms with van der Waals surface area (Å²) in [5.74, 6) is -84.2. The molecule has 0 rings (SSSR count). The number of alkyl halides is 25. The second-order valence-corrected chi connectivity index (χ2v) is 9.08. The Morgan fingerprint density at radius 1 is 0.458 bits per heavy atom. The first-order valence-electron chi connectivity index (χ1n) is 10.9. The van der Waals surface area contributed by atoms with E-state index in [2.05, 4.69) is 4.74 Å². The fraction of sp³-hybridized carbons (Fsp3) is 0.842. The van der Waals surface area contributed by atoms with Crippen LogP contribution in [0, 0.1) is 0 Å². The molecule has 0 N–H and O–H groups in total. The highest BCUT2D eigenvalue weighted by Gasteiger charge is 3.00. The number of carbonyl (C=O) groups excluding carboxylic acids is 1. The quantitative estimate of drug-likeness (QED) is 0.0760. The van der Waals surface area contributed by atoms with Gasteiger partial charge in [0.1, 0.15) is 0 Å². The van der Waals surface area contributed by atoms with E-state index in [0.29, 0.717) is 0 Å². The number of carbonyl (C=O) groups is 1. The van der Waals surface area contributed by atoms with Crippen molar-refractivity contribution in [3.63, 3.8) is 0 Å². The van der Waals surface area contributed by atoms with Gasteiger partial charge in [0.25, 0.3) is 6.08 Å². The molecule has 48 heavy (non-hydrogen) atoms. The molecule has 0 unspecified atom stereocenters. The molecule has 286 valence electrons. The first-order valence-corrected chi connectivity index (χ1v) is 10.9. The van der Waals surface area contributed by atoms with Crippen molar-refractivity contribution < 1.29 is 128 Å². The lowest BCUT2D eigenvalue weighted by molar-refractivity contribution is -0.484. The summed E-state index contributed by atoms with van der Waals surface area (Å²) in [4.78, 5) is 11.0. The Balaban J connectivity index is 7.00.